The Kier molecular flexibility index (Phi) is 6.61. The van der Waals surface area contributed by atoms with Crippen LogP contribution in [0.1, 0.15) is 11.5 Å². The number of aryl methyl sites for hydroxylation is 2. The molecule has 9 nitrogen and oxygen atoms in total. The number of amides is 1. The molecule has 2 aromatic heterocycles. The third kappa shape index (κ3) is 4.56. The molecule has 0 unspecified atom stereocenters. The van der Waals surface area contributed by atoms with E-state index in [1.165, 1.54) is 16.1 Å². The zero-order chi connectivity index (χ0) is 22.9. The highest BCUT2D eigenvalue weighted by atomic mass is 35.5. The predicted octanol–water partition coefficient (Wildman–Crippen LogP) is 2.76. The summed E-state index contributed by atoms with van der Waals surface area (Å²) in [4.78, 5) is 18.9. The van der Waals surface area contributed by atoms with Crippen LogP contribution in [-0.2, 0) is 14.8 Å². The number of halogens is 1. The Bertz CT molecular complexity index is 1200. The second-order valence-corrected chi connectivity index (χ2v) is 10.5. The number of piperazine rings is 1. The van der Waals surface area contributed by atoms with E-state index in [0.717, 1.165) is 5.69 Å². The lowest BCUT2D eigenvalue weighted by atomic mass is 10.3. The Morgan fingerprint density at radius 2 is 1.84 bits per heavy atom. The second kappa shape index (κ2) is 9.26. The quantitative estimate of drug-likeness (QED) is 0.484. The Balaban J connectivity index is 1.35. The molecule has 0 bridgehead atoms. The Morgan fingerprint density at radius 3 is 2.47 bits per heavy atom. The maximum Gasteiger partial charge on any atom is 0.248 e. The highest BCUT2D eigenvalue weighted by Crippen LogP contribution is 2.25. The van der Waals surface area contributed by atoms with Gasteiger partial charge in [0.2, 0.25) is 15.9 Å². The highest BCUT2D eigenvalue weighted by Gasteiger charge is 2.34. The van der Waals surface area contributed by atoms with Gasteiger partial charge in [-0.25, -0.2) is 13.4 Å². The summed E-state index contributed by atoms with van der Waals surface area (Å²) in [6.07, 6.45) is 3.51. The second-order valence-electron chi connectivity index (χ2n) is 7.28. The van der Waals surface area contributed by atoms with Crippen LogP contribution in [0.5, 0.6) is 0 Å². The van der Waals surface area contributed by atoms with E-state index in [-0.39, 0.29) is 35.4 Å². The minimum absolute atomic E-state index is 0.0601. The van der Waals surface area contributed by atoms with E-state index < -0.39 is 10.0 Å². The summed E-state index contributed by atoms with van der Waals surface area (Å²) in [6, 6.07) is 7.36. The minimum Gasteiger partial charge on any atom is -0.360 e. The topological polar surface area (TPSA) is 102 Å². The van der Waals surface area contributed by atoms with Gasteiger partial charge in [0.15, 0.2) is 10.9 Å². The summed E-state index contributed by atoms with van der Waals surface area (Å²) in [5.41, 5.74) is 1.24. The molecule has 12 heteroatoms. The van der Waals surface area contributed by atoms with E-state index in [1.807, 2.05) is 22.9 Å². The molecule has 3 heterocycles. The molecule has 170 valence electrons. The van der Waals surface area contributed by atoms with Gasteiger partial charge in [-0.3, -0.25) is 9.36 Å². The van der Waals surface area contributed by atoms with Crippen molar-refractivity contribution < 1.29 is 17.7 Å². The van der Waals surface area contributed by atoms with Gasteiger partial charge in [0.25, 0.3) is 0 Å². The van der Waals surface area contributed by atoms with Crippen molar-refractivity contribution >= 4 is 39.3 Å². The molecule has 32 heavy (non-hydrogen) atoms. The fourth-order valence-electron chi connectivity index (χ4n) is 3.56. The number of hydrogen-bond acceptors (Lipinski definition) is 7. The van der Waals surface area contributed by atoms with E-state index in [9.17, 15) is 13.2 Å². The molecule has 1 aromatic carbocycles. The van der Waals surface area contributed by atoms with Crippen LogP contribution >= 0.6 is 23.4 Å². The Morgan fingerprint density at radius 1 is 1.16 bits per heavy atom. The SMILES string of the molecule is Cc1noc(C)c1S(=O)(=O)N1CCN(C(=O)CSc2nccn2-c2ccc(Cl)cc2)CC1. The molecule has 0 aliphatic carbocycles. The molecule has 0 radical (unpaired) electrons. The van der Waals surface area contributed by atoms with Crippen molar-refractivity contribution in [2.75, 3.05) is 31.9 Å². The van der Waals surface area contributed by atoms with E-state index in [4.69, 9.17) is 16.1 Å². The van der Waals surface area contributed by atoms with Crippen LogP contribution in [0.4, 0.5) is 0 Å². The lowest BCUT2D eigenvalue weighted by molar-refractivity contribution is -0.129. The lowest BCUT2D eigenvalue weighted by Gasteiger charge is -2.33. The summed E-state index contributed by atoms with van der Waals surface area (Å²) in [5.74, 6) is 0.421. The minimum atomic E-state index is -3.71. The van der Waals surface area contributed by atoms with Crippen LogP contribution in [0, 0.1) is 13.8 Å². The zero-order valence-corrected chi connectivity index (χ0v) is 20.0. The van der Waals surface area contributed by atoms with Crippen molar-refractivity contribution in [1.29, 1.82) is 0 Å². The molecule has 1 aliphatic heterocycles. The maximum atomic E-state index is 12.9. The standard InChI is InChI=1S/C20H22ClN5O4S2/c1-14-19(15(2)30-23-14)32(28,29)25-11-9-24(10-12-25)18(27)13-31-20-22-7-8-26(20)17-5-3-16(21)4-6-17/h3-8H,9-13H2,1-2H3. The number of carbonyl (C=O) groups excluding carboxylic acids is 1. The van der Waals surface area contributed by atoms with E-state index in [0.29, 0.717) is 29.0 Å². The monoisotopic (exact) mass is 495 g/mol. The molecule has 0 N–H and O–H groups in total. The van der Waals surface area contributed by atoms with Gasteiger partial charge in [-0.15, -0.1) is 0 Å². The number of aromatic nitrogens is 3. The maximum absolute atomic E-state index is 12.9. The highest BCUT2D eigenvalue weighted by molar-refractivity contribution is 7.99. The zero-order valence-electron chi connectivity index (χ0n) is 17.6. The van der Waals surface area contributed by atoms with Crippen molar-refractivity contribution in [3.8, 4) is 5.69 Å². The number of hydrogen-bond donors (Lipinski definition) is 0. The van der Waals surface area contributed by atoms with Crippen molar-refractivity contribution in [3.63, 3.8) is 0 Å². The Labute approximate surface area is 195 Å². The lowest BCUT2D eigenvalue weighted by Crippen LogP contribution is -2.51. The van der Waals surface area contributed by atoms with Crippen molar-refractivity contribution in [2.24, 2.45) is 0 Å². The van der Waals surface area contributed by atoms with Gasteiger partial charge in [0, 0.05) is 49.3 Å². The molecule has 1 aliphatic rings. The number of thioether (sulfide) groups is 1. The number of carbonyl (C=O) groups is 1. The first-order valence-corrected chi connectivity index (χ1v) is 12.7. The number of benzene rings is 1. The molecule has 0 atom stereocenters. The molecule has 1 saturated heterocycles. The van der Waals surface area contributed by atoms with Gasteiger partial charge < -0.3 is 9.42 Å². The van der Waals surface area contributed by atoms with Gasteiger partial charge >= 0.3 is 0 Å². The largest absolute Gasteiger partial charge is 0.360 e. The van der Waals surface area contributed by atoms with E-state index >= 15 is 0 Å². The smallest absolute Gasteiger partial charge is 0.248 e. The fraction of sp³-hybridized carbons (Fsp3) is 0.350. The predicted molar refractivity (Wildman–Crippen MR) is 121 cm³/mol. The van der Waals surface area contributed by atoms with E-state index in [2.05, 4.69) is 10.1 Å². The first kappa shape index (κ1) is 22.8. The van der Waals surface area contributed by atoms with Crippen molar-refractivity contribution in [1.82, 2.24) is 23.9 Å². The van der Waals surface area contributed by atoms with E-state index in [1.54, 1.807) is 37.1 Å². The van der Waals surface area contributed by atoms with Crippen molar-refractivity contribution in [3.05, 3.63) is 53.1 Å². The molecule has 4 rings (SSSR count). The molecular formula is C20H22ClN5O4S2. The number of imidazole rings is 1. The van der Waals surface area contributed by atoms with Gasteiger partial charge in [-0.05, 0) is 38.1 Å². The third-order valence-electron chi connectivity index (χ3n) is 5.19. The van der Waals surface area contributed by atoms with Crippen molar-refractivity contribution in [2.45, 2.75) is 23.9 Å². The van der Waals surface area contributed by atoms with Gasteiger partial charge in [-0.2, -0.15) is 4.31 Å². The average Bonchev–Trinajstić information content (AvgIpc) is 3.39. The van der Waals surface area contributed by atoms with Gasteiger partial charge in [-0.1, -0.05) is 28.5 Å². The summed E-state index contributed by atoms with van der Waals surface area (Å²) in [6.45, 7) is 4.29. The molecule has 0 saturated carbocycles. The van der Waals surface area contributed by atoms with Crippen LogP contribution in [0.3, 0.4) is 0 Å². The van der Waals surface area contributed by atoms with Crippen LogP contribution < -0.4 is 0 Å². The van der Waals surface area contributed by atoms with Crippen LogP contribution in [0.2, 0.25) is 5.02 Å². The van der Waals surface area contributed by atoms with Crippen LogP contribution in [-0.4, -0.2) is 70.2 Å². The summed E-state index contributed by atoms with van der Waals surface area (Å²) in [7, 11) is -3.71. The van der Waals surface area contributed by atoms with Crippen LogP contribution in [0.25, 0.3) is 5.69 Å². The number of nitrogens with zero attached hydrogens (tertiary/aromatic N) is 5. The molecule has 0 spiro atoms. The molecule has 1 amide bonds. The Hall–Kier alpha value is -2.34. The molecular weight excluding hydrogens is 474 g/mol. The normalized spacial score (nSPS) is 15.3. The average molecular weight is 496 g/mol. The van der Waals surface area contributed by atoms with Crippen LogP contribution in [0.15, 0.2) is 51.2 Å². The fourth-order valence-corrected chi connectivity index (χ4v) is 6.28. The van der Waals surface area contributed by atoms with Gasteiger partial charge in [0.05, 0.1) is 5.75 Å². The third-order valence-corrected chi connectivity index (χ3v) is 8.54. The molecule has 1 fully saturated rings. The first-order valence-electron chi connectivity index (χ1n) is 9.90. The summed E-state index contributed by atoms with van der Waals surface area (Å²) >= 11 is 7.29. The number of rotatable bonds is 6. The summed E-state index contributed by atoms with van der Waals surface area (Å²) in [5, 5.41) is 5.08. The first-order chi connectivity index (χ1) is 15.3. The van der Waals surface area contributed by atoms with Gasteiger partial charge in [0.1, 0.15) is 10.6 Å². The summed E-state index contributed by atoms with van der Waals surface area (Å²) < 4.78 is 34.2. The number of sulfonamides is 1. The molecule has 3 aromatic rings.